The van der Waals surface area contributed by atoms with Crippen LogP contribution >= 0.6 is 15.9 Å². The van der Waals surface area contributed by atoms with Crippen LogP contribution in [0.4, 0.5) is 5.69 Å². The fourth-order valence-electron chi connectivity index (χ4n) is 1.58. The van der Waals surface area contributed by atoms with Crippen molar-refractivity contribution in [2.75, 3.05) is 7.05 Å². The van der Waals surface area contributed by atoms with E-state index >= 15 is 0 Å². The molecule has 0 aliphatic heterocycles. The van der Waals surface area contributed by atoms with Crippen molar-refractivity contribution in [2.24, 2.45) is 0 Å². The van der Waals surface area contributed by atoms with Crippen LogP contribution in [0.3, 0.4) is 0 Å². The molecule has 0 atom stereocenters. The number of halogens is 1. The Labute approximate surface area is 116 Å². The summed E-state index contributed by atoms with van der Waals surface area (Å²) < 4.78 is 2.03. The molecule has 1 amide bonds. The molecule has 0 unspecified atom stereocenters. The molecule has 0 saturated heterocycles. The fourth-order valence-corrected chi connectivity index (χ4v) is 1.86. The standard InChI is InChI=1S/C11H9BrN4O3/c1-13-11(17)7-2-3-9(16(18)19)10(4-7)15-6-8(12)5-14-15/h2-6H,1H3,(H,13,17). The van der Waals surface area contributed by atoms with Crippen molar-refractivity contribution in [2.45, 2.75) is 0 Å². The first-order valence-electron chi connectivity index (χ1n) is 5.24. The zero-order chi connectivity index (χ0) is 14.0. The van der Waals surface area contributed by atoms with Gasteiger partial charge in [-0.3, -0.25) is 14.9 Å². The van der Waals surface area contributed by atoms with Crippen LogP contribution in [0.25, 0.3) is 5.69 Å². The molecule has 1 aromatic carbocycles. The summed E-state index contributed by atoms with van der Waals surface area (Å²) >= 11 is 3.22. The quantitative estimate of drug-likeness (QED) is 0.689. The lowest BCUT2D eigenvalue weighted by atomic mass is 10.1. The van der Waals surface area contributed by atoms with Crippen LogP contribution in [-0.2, 0) is 0 Å². The smallest absolute Gasteiger partial charge is 0.294 e. The largest absolute Gasteiger partial charge is 0.355 e. The van der Waals surface area contributed by atoms with Gasteiger partial charge in [0.05, 0.1) is 15.6 Å². The number of aromatic nitrogens is 2. The van der Waals surface area contributed by atoms with Crippen LogP contribution in [0, 0.1) is 10.1 Å². The Morgan fingerprint density at radius 3 is 2.79 bits per heavy atom. The molecule has 2 rings (SSSR count). The lowest BCUT2D eigenvalue weighted by molar-refractivity contribution is -0.384. The maximum atomic E-state index is 11.6. The summed E-state index contributed by atoms with van der Waals surface area (Å²) in [6.07, 6.45) is 3.09. The van der Waals surface area contributed by atoms with Gasteiger partial charge in [-0.05, 0) is 28.1 Å². The van der Waals surface area contributed by atoms with Gasteiger partial charge in [-0.15, -0.1) is 0 Å². The van der Waals surface area contributed by atoms with Crippen LogP contribution in [0.1, 0.15) is 10.4 Å². The number of hydrogen-bond donors (Lipinski definition) is 1. The highest BCUT2D eigenvalue weighted by Crippen LogP contribution is 2.24. The normalized spacial score (nSPS) is 10.2. The van der Waals surface area contributed by atoms with Gasteiger partial charge >= 0.3 is 0 Å². The summed E-state index contributed by atoms with van der Waals surface area (Å²) in [6.45, 7) is 0. The lowest BCUT2D eigenvalue weighted by Gasteiger charge is -2.05. The molecule has 0 saturated carbocycles. The highest BCUT2D eigenvalue weighted by atomic mass is 79.9. The monoisotopic (exact) mass is 324 g/mol. The van der Waals surface area contributed by atoms with Crippen molar-refractivity contribution in [3.63, 3.8) is 0 Å². The summed E-state index contributed by atoms with van der Waals surface area (Å²) in [4.78, 5) is 22.1. The maximum Gasteiger partial charge on any atom is 0.294 e. The predicted molar refractivity (Wildman–Crippen MR) is 71.3 cm³/mol. The minimum absolute atomic E-state index is 0.122. The topological polar surface area (TPSA) is 90.1 Å². The van der Waals surface area contributed by atoms with E-state index < -0.39 is 4.92 Å². The number of carbonyl (C=O) groups is 1. The first-order valence-corrected chi connectivity index (χ1v) is 6.03. The molecule has 0 spiro atoms. The third-order valence-electron chi connectivity index (χ3n) is 2.46. The highest BCUT2D eigenvalue weighted by molar-refractivity contribution is 9.10. The molecule has 0 bridgehead atoms. The number of nitro groups is 1. The van der Waals surface area contributed by atoms with Crippen LogP contribution in [0.2, 0.25) is 0 Å². The summed E-state index contributed by atoms with van der Waals surface area (Å²) in [5.41, 5.74) is 0.440. The average Bonchev–Trinajstić information content (AvgIpc) is 2.83. The molecule has 1 N–H and O–H groups in total. The van der Waals surface area contributed by atoms with Gasteiger partial charge in [0, 0.05) is 24.9 Å². The van der Waals surface area contributed by atoms with Crippen molar-refractivity contribution >= 4 is 27.5 Å². The van der Waals surface area contributed by atoms with Crippen LogP contribution in [-0.4, -0.2) is 27.7 Å². The molecule has 0 aliphatic carbocycles. The Kier molecular flexibility index (Phi) is 3.61. The average molecular weight is 325 g/mol. The number of nitro benzene ring substituents is 1. The highest BCUT2D eigenvalue weighted by Gasteiger charge is 2.18. The van der Waals surface area contributed by atoms with Crippen LogP contribution in [0.15, 0.2) is 35.1 Å². The van der Waals surface area contributed by atoms with Gasteiger partial charge in [0.2, 0.25) is 0 Å². The molecule has 0 fully saturated rings. The van der Waals surface area contributed by atoms with E-state index in [0.29, 0.717) is 10.0 Å². The Morgan fingerprint density at radius 1 is 1.53 bits per heavy atom. The zero-order valence-corrected chi connectivity index (χ0v) is 11.4. The number of nitrogens with zero attached hydrogens (tertiary/aromatic N) is 3. The van der Waals surface area contributed by atoms with Gasteiger partial charge < -0.3 is 5.32 Å². The fraction of sp³-hybridized carbons (Fsp3) is 0.0909. The molecular weight excluding hydrogens is 316 g/mol. The Balaban J connectivity index is 2.60. The number of amides is 1. The second-order valence-electron chi connectivity index (χ2n) is 3.64. The van der Waals surface area contributed by atoms with Crippen molar-refractivity contribution in [3.8, 4) is 5.69 Å². The second-order valence-corrected chi connectivity index (χ2v) is 4.56. The molecule has 1 heterocycles. The van der Waals surface area contributed by atoms with Gasteiger partial charge in [-0.2, -0.15) is 5.10 Å². The van der Waals surface area contributed by atoms with E-state index in [4.69, 9.17) is 0 Å². The van der Waals surface area contributed by atoms with Crippen molar-refractivity contribution < 1.29 is 9.72 Å². The zero-order valence-electron chi connectivity index (χ0n) is 9.83. The van der Waals surface area contributed by atoms with Crippen molar-refractivity contribution in [1.82, 2.24) is 15.1 Å². The molecule has 0 radical (unpaired) electrons. The summed E-state index contributed by atoms with van der Waals surface area (Å²) in [5.74, 6) is -0.317. The van der Waals surface area contributed by atoms with Gasteiger partial charge in [0.1, 0.15) is 5.69 Å². The molecule has 7 nitrogen and oxygen atoms in total. The molecular formula is C11H9BrN4O3. The van der Waals surface area contributed by atoms with Gasteiger partial charge in [0.25, 0.3) is 11.6 Å². The number of carbonyl (C=O) groups excluding carboxylic acids is 1. The van der Waals surface area contributed by atoms with Gasteiger partial charge in [-0.25, -0.2) is 4.68 Å². The van der Waals surface area contributed by atoms with E-state index in [0.717, 1.165) is 0 Å². The molecule has 0 aliphatic rings. The van der Waals surface area contributed by atoms with Gasteiger partial charge in [0.15, 0.2) is 0 Å². The molecule has 2 aromatic rings. The first-order chi connectivity index (χ1) is 9.02. The summed E-state index contributed by atoms with van der Waals surface area (Å²) in [5, 5.41) is 17.5. The number of hydrogen-bond acceptors (Lipinski definition) is 4. The first kappa shape index (κ1) is 13.2. The van der Waals surface area contributed by atoms with Crippen molar-refractivity contribution in [3.05, 3.63) is 50.7 Å². The van der Waals surface area contributed by atoms with Crippen LogP contribution in [0.5, 0.6) is 0 Å². The molecule has 1 aromatic heterocycles. The molecule has 19 heavy (non-hydrogen) atoms. The van der Waals surface area contributed by atoms with E-state index in [1.54, 1.807) is 6.20 Å². The molecule has 8 heteroatoms. The minimum Gasteiger partial charge on any atom is -0.355 e. The third kappa shape index (κ3) is 2.63. The Morgan fingerprint density at radius 2 is 2.26 bits per heavy atom. The van der Waals surface area contributed by atoms with E-state index in [2.05, 4.69) is 26.3 Å². The minimum atomic E-state index is -0.515. The number of benzene rings is 1. The van der Waals surface area contributed by atoms with E-state index in [1.807, 2.05) is 0 Å². The van der Waals surface area contributed by atoms with Gasteiger partial charge in [-0.1, -0.05) is 0 Å². The van der Waals surface area contributed by atoms with Crippen molar-refractivity contribution in [1.29, 1.82) is 0 Å². The van der Waals surface area contributed by atoms with E-state index in [-0.39, 0.29) is 17.3 Å². The number of rotatable bonds is 3. The second kappa shape index (κ2) is 5.19. The Hall–Kier alpha value is -2.22. The molecule has 98 valence electrons. The summed E-state index contributed by atoms with van der Waals surface area (Å²) in [6, 6.07) is 4.12. The summed E-state index contributed by atoms with van der Waals surface area (Å²) in [7, 11) is 1.49. The maximum absolute atomic E-state index is 11.6. The third-order valence-corrected chi connectivity index (χ3v) is 2.87. The predicted octanol–water partition coefficient (Wildman–Crippen LogP) is 1.90. The van der Waals surface area contributed by atoms with E-state index in [9.17, 15) is 14.9 Å². The number of nitrogens with one attached hydrogen (secondary N) is 1. The lowest BCUT2D eigenvalue weighted by Crippen LogP contribution is -2.18. The van der Waals surface area contributed by atoms with E-state index in [1.165, 1.54) is 36.1 Å². The van der Waals surface area contributed by atoms with Crippen LogP contribution < -0.4 is 5.32 Å². The SMILES string of the molecule is CNC(=O)c1ccc([N+](=O)[O-])c(-n2cc(Br)cn2)c1. The Bertz CT molecular complexity index is 653.